The lowest BCUT2D eigenvalue weighted by Gasteiger charge is -2.39. The Morgan fingerprint density at radius 1 is 0.851 bits per heavy atom. The van der Waals surface area contributed by atoms with Crippen LogP contribution in [-0.4, -0.2) is 70.1 Å². The largest absolute Gasteiger partial charge is 0.458 e. The topological polar surface area (TPSA) is 114 Å². The predicted molar refractivity (Wildman–Crippen MR) is 189 cm³/mol. The number of nitrogens with zero attached hydrogens (tertiary/aromatic N) is 1. The van der Waals surface area contributed by atoms with Crippen molar-refractivity contribution in [3.63, 3.8) is 0 Å². The van der Waals surface area contributed by atoms with Crippen molar-refractivity contribution in [2.45, 2.75) is 124 Å². The van der Waals surface area contributed by atoms with Gasteiger partial charge in [0.1, 0.15) is 29.3 Å². The van der Waals surface area contributed by atoms with Crippen LogP contribution >= 0.6 is 11.8 Å². The molecule has 0 aliphatic carbocycles. The molecule has 0 radical (unpaired) electrons. The molecule has 0 aliphatic rings. The zero-order valence-electron chi connectivity index (χ0n) is 30.1. The fraction of sp³-hybridized carbons (Fsp3) is 0.568. The lowest BCUT2D eigenvalue weighted by atomic mass is 9.95. The maximum absolute atomic E-state index is 14.6. The maximum atomic E-state index is 14.6. The number of amides is 3. The third-order valence-electron chi connectivity index (χ3n) is 7.30. The van der Waals surface area contributed by atoms with Gasteiger partial charge < -0.3 is 25.0 Å². The van der Waals surface area contributed by atoms with Gasteiger partial charge >= 0.3 is 12.1 Å². The zero-order valence-corrected chi connectivity index (χ0v) is 30.9. The van der Waals surface area contributed by atoms with Gasteiger partial charge in [-0.05, 0) is 98.3 Å². The molecule has 2 rings (SSSR count). The fourth-order valence-corrected chi connectivity index (χ4v) is 5.66. The van der Waals surface area contributed by atoms with E-state index in [1.165, 1.54) is 0 Å². The van der Waals surface area contributed by atoms with E-state index >= 15 is 0 Å². The number of alkyl carbamates (subject to hydrolysis) is 1. The van der Waals surface area contributed by atoms with Gasteiger partial charge in [-0.3, -0.25) is 9.59 Å². The van der Waals surface area contributed by atoms with E-state index in [1.54, 1.807) is 58.2 Å². The van der Waals surface area contributed by atoms with Crippen molar-refractivity contribution >= 4 is 35.6 Å². The Morgan fingerprint density at radius 3 is 1.94 bits per heavy atom. The highest BCUT2D eigenvalue weighted by Crippen LogP contribution is 2.29. The van der Waals surface area contributed by atoms with Crippen LogP contribution in [0.5, 0.6) is 0 Å². The number of carbonyl (C=O) groups is 4. The fourth-order valence-electron chi connectivity index (χ4n) is 5.19. The summed E-state index contributed by atoms with van der Waals surface area (Å²) in [6.45, 7) is 18.3. The molecule has 0 aromatic heterocycles. The number of hydrogen-bond donors (Lipinski definition) is 2. The van der Waals surface area contributed by atoms with Crippen LogP contribution in [0.3, 0.4) is 0 Å². The number of ether oxygens (including phenoxy) is 2. The SMILES string of the molecule is CCC(C)N(C(=O)C(CCSC)NC(=O)OC(C)(C)C)C(C(=O)NC(Cc1ccccc1)C(=O)OC(C)(C)C)c1cc(C)cc(C)c1. The lowest BCUT2D eigenvalue weighted by Crippen LogP contribution is -2.57. The molecule has 0 heterocycles. The van der Waals surface area contributed by atoms with Gasteiger partial charge in [-0.25, -0.2) is 9.59 Å². The second-order valence-corrected chi connectivity index (χ2v) is 15.1. The third-order valence-corrected chi connectivity index (χ3v) is 7.94. The first-order valence-corrected chi connectivity index (χ1v) is 17.7. The van der Waals surface area contributed by atoms with E-state index in [9.17, 15) is 19.2 Å². The summed E-state index contributed by atoms with van der Waals surface area (Å²) < 4.78 is 11.2. The summed E-state index contributed by atoms with van der Waals surface area (Å²) in [5, 5.41) is 5.75. The molecule has 10 heteroatoms. The van der Waals surface area contributed by atoms with E-state index in [1.807, 2.05) is 82.5 Å². The van der Waals surface area contributed by atoms with E-state index in [-0.39, 0.29) is 6.42 Å². The number of rotatable bonds is 14. The summed E-state index contributed by atoms with van der Waals surface area (Å²) in [7, 11) is 0. The van der Waals surface area contributed by atoms with E-state index in [0.29, 0.717) is 24.2 Å². The monoisotopic (exact) mass is 669 g/mol. The molecule has 0 saturated carbocycles. The summed E-state index contributed by atoms with van der Waals surface area (Å²) in [5.41, 5.74) is 1.77. The summed E-state index contributed by atoms with van der Waals surface area (Å²) in [4.78, 5) is 57.3. The average Bonchev–Trinajstić information content (AvgIpc) is 2.95. The van der Waals surface area contributed by atoms with Crippen LogP contribution in [0.15, 0.2) is 48.5 Å². The van der Waals surface area contributed by atoms with Crippen LogP contribution in [0.4, 0.5) is 4.79 Å². The van der Waals surface area contributed by atoms with Crippen LogP contribution in [0.1, 0.15) is 96.5 Å². The minimum Gasteiger partial charge on any atom is -0.458 e. The first-order chi connectivity index (χ1) is 21.8. The quantitative estimate of drug-likeness (QED) is 0.216. The normalized spacial score (nSPS) is 14.3. The van der Waals surface area contributed by atoms with E-state index in [2.05, 4.69) is 10.6 Å². The number of benzene rings is 2. The predicted octanol–water partition coefficient (Wildman–Crippen LogP) is 6.69. The van der Waals surface area contributed by atoms with Gasteiger partial charge in [-0.15, -0.1) is 0 Å². The first kappa shape index (κ1) is 39.6. The van der Waals surface area contributed by atoms with E-state index in [4.69, 9.17) is 9.47 Å². The van der Waals surface area contributed by atoms with Crippen molar-refractivity contribution in [2.24, 2.45) is 0 Å². The minimum absolute atomic E-state index is 0.203. The van der Waals surface area contributed by atoms with Crippen molar-refractivity contribution in [2.75, 3.05) is 12.0 Å². The van der Waals surface area contributed by atoms with Crippen molar-refractivity contribution in [1.82, 2.24) is 15.5 Å². The Morgan fingerprint density at radius 2 is 1.43 bits per heavy atom. The van der Waals surface area contributed by atoms with Gasteiger partial charge in [0, 0.05) is 12.5 Å². The van der Waals surface area contributed by atoms with Crippen molar-refractivity contribution < 1.29 is 28.7 Å². The van der Waals surface area contributed by atoms with Gasteiger partial charge in [0.2, 0.25) is 11.8 Å². The van der Waals surface area contributed by atoms with Crippen LogP contribution in [0.2, 0.25) is 0 Å². The highest BCUT2D eigenvalue weighted by molar-refractivity contribution is 7.98. The van der Waals surface area contributed by atoms with Gasteiger partial charge in [-0.2, -0.15) is 11.8 Å². The molecular formula is C37H55N3O6S. The van der Waals surface area contributed by atoms with Gasteiger partial charge in [0.25, 0.3) is 0 Å². The van der Waals surface area contributed by atoms with Crippen LogP contribution in [-0.2, 0) is 30.3 Å². The summed E-state index contributed by atoms with van der Waals surface area (Å²) in [6.07, 6.45) is 2.30. The molecule has 0 aliphatic heterocycles. The van der Waals surface area contributed by atoms with Crippen LogP contribution < -0.4 is 10.6 Å². The number of aryl methyl sites for hydroxylation is 2. The Kier molecular flexibility index (Phi) is 14.8. The van der Waals surface area contributed by atoms with Crippen LogP contribution in [0, 0.1) is 13.8 Å². The molecule has 0 spiro atoms. The van der Waals surface area contributed by atoms with Crippen molar-refractivity contribution in [1.29, 1.82) is 0 Å². The minimum atomic E-state index is -1.10. The molecule has 0 saturated heterocycles. The number of thioether (sulfide) groups is 1. The molecule has 2 aromatic rings. The molecule has 3 amide bonds. The van der Waals surface area contributed by atoms with Gasteiger partial charge in [-0.1, -0.05) is 66.6 Å². The van der Waals surface area contributed by atoms with E-state index in [0.717, 1.165) is 16.7 Å². The van der Waals surface area contributed by atoms with Crippen molar-refractivity contribution in [3.8, 4) is 0 Å². The second-order valence-electron chi connectivity index (χ2n) is 14.1. The molecule has 4 atom stereocenters. The van der Waals surface area contributed by atoms with E-state index < -0.39 is 59.2 Å². The highest BCUT2D eigenvalue weighted by Gasteiger charge is 2.40. The first-order valence-electron chi connectivity index (χ1n) is 16.3. The molecule has 47 heavy (non-hydrogen) atoms. The lowest BCUT2D eigenvalue weighted by molar-refractivity contribution is -0.159. The molecule has 260 valence electrons. The molecule has 9 nitrogen and oxygen atoms in total. The molecule has 2 N–H and O–H groups in total. The van der Waals surface area contributed by atoms with Crippen molar-refractivity contribution in [3.05, 3.63) is 70.8 Å². The standard InChI is InChI=1S/C37H55N3O6S/c1-12-26(4)40(33(42)29(18-19-47-11)39-35(44)46-37(8,9)10)31(28-21-24(2)20-25(3)22-28)32(41)38-30(34(43)45-36(5,6)7)23-27-16-14-13-15-17-27/h13-17,20-22,26,29-31H,12,18-19,23H2,1-11H3,(H,38,41)(H,39,44). The highest BCUT2D eigenvalue weighted by atomic mass is 32.2. The Hall–Kier alpha value is -3.53. The van der Waals surface area contributed by atoms with Gasteiger partial charge in [0.05, 0.1) is 0 Å². The summed E-state index contributed by atoms with van der Waals surface area (Å²) in [5.74, 6) is -0.898. The third kappa shape index (κ3) is 13.2. The number of hydrogen-bond acceptors (Lipinski definition) is 7. The molecular weight excluding hydrogens is 614 g/mol. The second kappa shape index (κ2) is 17.6. The Balaban J connectivity index is 2.67. The van der Waals surface area contributed by atoms with Crippen LogP contribution in [0.25, 0.3) is 0 Å². The molecule has 0 bridgehead atoms. The number of esters is 1. The zero-order chi connectivity index (χ0) is 35.5. The molecule has 4 unspecified atom stereocenters. The van der Waals surface area contributed by atoms with Gasteiger partial charge in [0.15, 0.2) is 0 Å². The molecule has 2 aromatic carbocycles. The molecule has 0 fully saturated rings. The average molecular weight is 670 g/mol. The maximum Gasteiger partial charge on any atom is 0.408 e. The Labute approximate surface area is 285 Å². The number of carbonyl (C=O) groups excluding carboxylic acids is 4. The number of nitrogens with one attached hydrogen (secondary N) is 2. The smallest absolute Gasteiger partial charge is 0.408 e. The Bertz CT molecular complexity index is 1330. The summed E-state index contributed by atoms with van der Waals surface area (Å²) >= 11 is 1.55. The summed E-state index contributed by atoms with van der Waals surface area (Å²) in [6, 6.07) is 11.7.